The van der Waals surface area contributed by atoms with Gasteiger partial charge in [-0.15, -0.1) is 0 Å². The fourth-order valence-electron chi connectivity index (χ4n) is 2.13. The summed E-state index contributed by atoms with van der Waals surface area (Å²) in [5.41, 5.74) is 1.59. The number of rotatable bonds is 4. The molecule has 0 aliphatic rings. The number of oxazole rings is 1. The number of hydrogen-bond acceptors (Lipinski definition) is 3. The molecular formula is C15H15N3O2. The van der Waals surface area contributed by atoms with Gasteiger partial charge in [0.05, 0.1) is 12.7 Å². The Bertz CT molecular complexity index is 742. The molecule has 3 aromatic rings. The van der Waals surface area contributed by atoms with Crippen LogP contribution in [0.4, 0.5) is 0 Å². The van der Waals surface area contributed by atoms with E-state index in [1.165, 1.54) is 0 Å². The minimum absolute atomic E-state index is 0.133. The van der Waals surface area contributed by atoms with Crippen molar-refractivity contribution in [3.05, 3.63) is 53.9 Å². The number of fused-ring (bicyclic) bond motifs is 1. The fourth-order valence-corrected chi connectivity index (χ4v) is 2.13. The third-order valence-corrected chi connectivity index (χ3v) is 3.19. The zero-order valence-electron chi connectivity index (χ0n) is 11.1. The molecule has 0 spiro atoms. The van der Waals surface area contributed by atoms with Gasteiger partial charge in [0.2, 0.25) is 5.89 Å². The maximum atomic E-state index is 12.2. The molecule has 5 heteroatoms. The van der Waals surface area contributed by atoms with Gasteiger partial charge in [-0.3, -0.25) is 4.79 Å². The highest BCUT2D eigenvalue weighted by atomic mass is 16.4. The summed E-state index contributed by atoms with van der Waals surface area (Å²) >= 11 is 0. The predicted molar refractivity (Wildman–Crippen MR) is 75.3 cm³/mol. The van der Waals surface area contributed by atoms with Gasteiger partial charge in [0, 0.05) is 29.1 Å². The minimum atomic E-state index is -0.133. The summed E-state index contributed by atoms with van der Waals surface area (Å²) in [4.78, 5) is 19.4. The first-order valence-electron chi connectivity index (χ1n) is 6.56. The van der Waals surface area contributed by atoms with Crippen molar-refractivity contribution < 1.29 is 9.21 Å². The Morgan fingerprint density at radius 3 is 3.10 bits per heavy atom. The second kappa shape index (κ2) is 5.21. The van der Waals surface area contributed by atoms with E-state index < -0.39 is 0 Å². The standard InChI is InChI=1S/C15H15N3O2/c1-2-10-8-17-14(20-10)9-18-15(19)12-4-3-5-13-11(12)6-7-16-13/h3-8,16H,2,9H2,1H3,(H,18,19). The van der Waals surface area contributed by atoms with Crippen LogP contribution in [0.2, 0.25) is 0 Å². The smallest absolute Gasteiger partial charge is 0.252 e. The Labute approximate surface area is 116 Å². The lowest BCUT2D eigenvalue weighted by molar-refractivity contribution is 0.0948. The molecule has 1 aromatic carbocycles. The van der Waals surface area contributed by atoms with Crippen LogP contribution in [0.1, 0.15) is 28.9 Å². The molecule has 2 heterocycles. The van der Waals surface area contributed by atoms with Crippen LogP contribution >= 0.6 is 0 Å². The average Bonchev–Trinajstić information content (AvgIpc) is 3.12. The largest absolute Gasteiger partial charge is 0.444 e. The Kier molecular flexibility index (Phi) is 3.25. The van der Waals surface area contributed by atoms with Crippen molar-refractivity contribution in [2.75, 3.05) is 0 Å². The summed E-state index contributed by atoms with van der Waals surface area (Å²) in [6.45, 7) is 2.29. The molecule has 0 fully saturated rings. The van der Waals surface area contributed by atoms with Crippen LogP contribution in [0, 0.1) is 0 Å². The number of carbonyl (C=O) groups excluding carboxylic acids is 1. The molecule has 102 valence electrons. The van der Waals surface area contributed by atoms with Crippen molar-refractivity contribution in [2.45, 2.75) is 19.9 Å². The Morgan fingerprint density at radius 1 is 1.40 bits per heavy atom. The van der Waals surface area contributed by atoms with E-state index in [4.69, 9.17) is 4.42 Å². The molecule has 1 amide bonds. The van der Waals surface area contributed by atoms with Gasteiger partial charge in [0.25, 0.3) is 5.91 Å². The van der Waals surface area contributed by atoms with Gasteiger partial charge in [-0.1, -0.05) is 13.0 Å². The van der Waals surface area contributed by atoms with Crippen molar-refractivity contribution in [3.8, 4) is 0 Å². The van der Waals surface area contributed by atoms with Crippen LogP contribution in [0.5, 0.6) is 0 Å². The van der Waals surface area contributed by atoms with Crippen LogP contribution in [-0.4, -0.2) is 15.9 Å². The summed E-state index contributed by atoms with van der Waals surface area (Å²) in [5, 5.41) is 3.73. The van der Waals surface area contributed by atoms with Gasteiger partial charge in [-0.05, 0) is 18.2 Å². The lowest BCUT2D eigenvalue weighted by Gasteiger charge is -2.04. The van der Waals surface area contributed by atoms with Gasteiger partial charge in [-0.2, -0.15) is 0 Å². The monoisotopic (exact) mass is 269 g/mol. The molecule has 0 unspecified atom stereocenters. The van der Waals surface area contributed by atoms with Crippen LogP contribution in [0.25, 0.3) is 10.9 Å². The molecular weight excluding hydrogens is 254 g/mol. The molecule has 3 rings (SSSR count). The molecule has 2 aromatic heterocycles. The van der Waals surface area contributed by atoms with E-state index >= 15 is 0 Å². The number of H-pyrrole nitrogens is 1. The fraction of sp³-hybridized carbons (Fsp3) is 0.200. The number of amides is 1. The van der Waals surface area contributed by atoms with Crippen LogP contribution in [-0.2, 0) is 13.0 Å². The SMILES string of the molecule is CCc1cnc(CNC(=O)c2cccc3[nH]ccc23)o1. The number of hydrogen-bond donors (Lipinski definition) is 2. The lowest BCUT2D eigenvalue weighted by atomic mass is 10.1. The first-order chi connectivity index (χ1) is 9.78. The zero-order valence-corrected chi connectivity index (χ0v) is 11.1. The second-order valence-corrected chi connectivity index (χ2v) is 4.50. The molecule has 0 aliphatic heterocycles. The predicted octanol–water partition coefficient (Wildman–Crippen LogP) is 2.65. The number of carbonyl (C=O) groups is 1. The molecule has 0 bridgehead atoms. The van der Waals surface area contributed by atoms with Crippen molar-refractivity contribution in [3.63, 3.8) is 0 Å². The normalized spacial score (nSPS) is 10.8. The van der Waals surface area contributed by atoms with Crippen molar-refractivity contribution in [1.29, 1.82) is 0 Å². The van der Waals surface area contributed by atoms with Crippen LogP contribution in [0.3, 0.4) is 0 Å². The number of nitrogens with one attached hydrogen (secondary N) is 2. The molecule has 2 N–H and O–H groups in total. The average molecular weight is 269 g/mol. The molecule has 0 radical (unpaired) electrons. The Morgan fingerprint density at radius 2 is 2.30 bits per heavy atom. The number of aryl methyl sites for hydroxylation is 1. The topological polar surface area (TPSA) is 70.9 Å². The van der Waals surface area contributed by atoms with Gasteiger partial charge in [0.15, 0.2) is 0 Å². The molecule has 5 nitrogen and oxygen atoms in total. The number of aromatic amines is 1. The number of benzene rings is 1. The second-order valence-electron chi connectivity index (χ2n) is 4.50. The third kappa shape index (κ3) is 2.30. The minimum Gasteiger partial charge on any atom is -0.444 e. The highest BCUT2D eigenvalue weighted by molar-refractivity contribution is 6.06. The maximum Gasteiger partial charge on any atom is 0.252 e. The Balaban J connectivity index is 1.74. The molecule has 0 saturated heterocycles. The van der Waals surface area contributed by atoms with E-state index in [-0.39, 0.29) is 5.91 Å². The highest BCUT2D eigenvalue weighted by Crippen LogP contribution is 2.17. The Hall–Kier alpha value is -2.56. The van der Waals surface area contributed by atoms with Gasteiger partial charge in [-0.25, -0.2) is 4.98 Å². The van der Waals surface area contributed by atoms with Gasteiger partial charge >= 0.3 is 0 Å². The van der Waals surface area contributed by atoms with E-state index in [9.17, 15) is 4.79 Å². The zero-order chi connectivity index (χ0) is 13.9. The summed E-state index contributed by atoms with van der Waals surface area (Å²) in [6, 6.07) is 7.49. The maximum absolute atomic E-state index is 12.2. The lowest BCUT2D eigenvalue weighted by Crippen LogP contribution is -2.23. The highest BCUT2D eigenvalue weighted by Gasteiger charge is 2.11. The van der Waals surface area contributed by atoms with Crippen LogP contribution < -0.4 is 5.32 Å². The quantitative estimate of drug-likeness (QED) is 0.765. The van der Waals surface area contributed by atoms with E-state index in [0.717, 1.165) is 23.1 Å². The van der Waals surface area contributed by atoms with Crippen molar-refractivity contribution >= 4 is 16.8 Å². The summed E-state index contributed by atoms with van der Waals surface area (Å²) in [6.07, 6.45) is 4.31. The molecule has 20 heavy (non-hydrogen) atoms. The van der Waals surface area contributed by atoms with Crippen LogP contribution in [0.15, 0.2) is 41.1 Å². The first-order valence-corrected chi connectivity index (χ1v) is 6.56. The van der Waals surface area contributed by atoms with Crippen molar-refractivity contribution in [1.82, 2.24) is 15.3 Å². The van der Waals surface area contributed by atoms with Crippen molar-refractivity contribution in [2.24, 2.45) is 0 Å². The third-order valence-electron chi connectivity index (χ3n) is 3.19. The van der Waals surface area contributed by atoms with E-state index in [2.05, 4.69) is 15.3 Å². The molecule has 0 aliphatic carbocycles. The van der Waals surface area contributed by atoms with Gasteiger partial charge < -0.3 is 14.7 Å². The molecule has 0 saturated carbocycles. The summed E-state index contributed by atoms with van der Waals surface area (Å²) in [5.74, 6) is 1.21. The summed E-state index contributed by atoms with van der Waals surface area (Å²) in [7, 11) is 0. The number of aromatic nitrogens is 2. The number of nitrogens with zero attached hydrogens (tertiary/aromatic N) is 1. The molecule has 0 atom stereocenters. The van der Waals surface area contributed by atoms with Gasteiger partial charge in [0.1, 0.15) is 5.76 Å². The van der Waals surface area contributed by atoms with E-state index in [1.54, 1.807) is 12.3 Å². The first kappa shape index (κ1) is 12.5. The van der Waals surface area contributed by atoms with E-state index in [0.29, 0.717) is 18.0 Å². The van der Waals surface area contributed by atoms with E-state index in [1.807, 2.05) is 31.3 Å². The summed E-state index contributed by atoms with van der Waals surface area (Å²) < 4.78 is 5.46.